The Morgan fingerprint density at radius 2 is 1.43 bits per heavy atom. The summed E-state index contributed by atoms with van der Waals surface area (Å²) in [5.41, 5.74) is 3.65. The van der Waals surface area contributed by atoms with Gasteiger partial charge in [-0.2, -0.15) is 0 Å². The van der Waals surface area contributed by atoms with Gasteiger partial charge < -0.3 is 14.5 Å². The Morgan fingerprint density at radius 3 is 2.12 bits per heavy atom. The molecule has 0 aromatic heterocycles. The Morgan fingerprint density at radius 1 is 0.816 bits per heavy atom. The molecule has 2 amide bonds. The molecule has 2 atom stereocenters. The van der Waals surface area contributed by atoms with Crippen molar-refractivity contribution in [2.75, 3.05) is 13.1 Å². The molecule has 2 aliphatic heterocycles. The van der Waals surface area contributed by atoms with Gasteiger partial charge >= 0.3 is 0 Å². The highest BCUT2D eigenvalue weighted by atomic mass is 16.5. The van der Waals surface area contributed by atoms with Crippen molar-refractivity contribution in [1.29, 1.82) is 0 Å². The summed E-state index contributed by atoms with van der Waals surface area (Å²) in [7, 11) is 0. The number of carbonyl (C=O) groups is 3. The molecule has 0 aliphatic carbocycles. The van der Waals surface area contributed by atoms with Crippen molar-refractivity contribution in [2.45, 2.75) is 24.7 Å². The van der Waals surface area contributed by atoms with Crippen LogP contribution in [0.2, 0.25) is 0 Å². The van der Waals surface area contributed by atoms with E-state index in [0.29, 0.717) is 22.6 Å². The summed E-state index contributed by atoms with van der Waals surface area (Å²) in [5, 5.41) is 0. The number of benzene rings is 5. The van der Waals surface area contributed by atoms with E-state index < -0.39 is 11.6 Å². The van der Waals surface area contributed by atoms with Crippen molar-refractivity contribution in [1.82, 2.24) is 9.80 Å². The summed E-state index contributed by atoms with van der Waals surface area (Å²) in [5.74, 6) is 2.25. The first-order valence-electron chi connectivity index (χ1n) is 16.1. The fourth-order valence-corrected chi connectivity index (χ4v) is 6.56. The van der Waals surface area contributed by atoms with Crippen molar-refractivity contribution in [3.05, 3.63) is 178 Å². The van der Waals surface area contributed by atoms with Crippen molar-refractivity contribution in [3.8, 4) is 12.3 Å². The smallest absolute Gasteiger partial charge is 0.260 e. The zero-order valence-corrected chi connectivity index (χ0v) is 26.7. The van der Waals surface area contributed by atoms with Crippen LogP contribution in [-0.2, 0) is 33.0 Å². The second-order valence-electron chi connectivity index (χ2n) is 12.1. The summed E-state index contributed by atoms with van der Waals surface area (Å²) in [4.78, 5) is 50.2. The summed E-state index contributed by atoms with van der Waals surface area (Å²) < 4.78 is 6.62. The van der Waals surface area contributed by atoms with Gasteiger partial charge in [0.1, 0.15) is 6.54 Å². The van der Waals surface area contributed by atoms with Gasteiger partial charge in [0.05, 0.1) is 6.54 Å². The zero-order chi connectivity index (χ0) is 33.8. The van der Waals surface area contributed by atoms with E-state index >= 15 is 0 Å². The fourth-order valence-electron chi connectivity index (χ4n) is 6.56. The average molecular weight is 644 g/mol. The molecule has 0 radical (unpaired) electrons. The Bertz CT molecular complexity index is 2070. The summed E-state index contributed by atoms with van der Waals surface area (Å²) >= 11 is 0. The van der Waals surface area contributed by atoms with Crippen LogP contribution >= 0.6 is 0 Å². The van der Waals surface area contributed by atoms with E-state index in [1.54, 1.807) is 34.1 Å². The van der Waals surface area contributed by atoms with Crippen LogP contribution in [0.4, 0.5) is 0 Å². The van der Waals surface area contributed by atoms with E-state index in [0.717, 1.165) is 22.3 Å². The topological polar surface area (TPSA) is 79.3 Å². The van der Waals surface area contributed by atoms with E-state index in [-0.39, 0.29) is 43.8 Å². The number of terminal acetylenes is 1. The monoisotopic (exact) mass is 643 g/mol. The second kappa shape index (κ2) is 13.5. The van der Waals surface area contributed by atoms with Crippen LogP contribution in [0.25, 0.3) is 0 Å². The molecule has 2 heterocycles. The maximum absolute atomic E-state index is 15.0. The predicted octanol–water partition coefficient (Wildman–Crippen LogP) is 6.34. The number of amides is 2. The van der Waals surface area contributed by atoms with E-state index in [2.05, 4.69) is 5.92 Å². The van der Waals surface area contributed by atoms with Gasteiger partial charge in [0.25, 0.3) is 5.91 Å². The number of hydrogen-bond donors (Lipinski definition) is 0. The molecule has 0 unspecified atom stereocenters. The molecule has 2 aliphatic rings. The van der Waals surface area contributed by atoms with E-state index in [9.17, 15) is 14.4 Å². The first kappa shape index (κ1) is 31.3. The molecule has 0 spiro atoms. The molecule has 49 heavy (non-hydrogen) atoms. The van der Waals surface area contributed by atoms with Gasteiger partial charge in [0, 0.05) is 35.3 Å². The van der Waals surface area contributed by atoms with Gasteiger partial charge in [-0.05, 0) is 28.8 Å². The zero-order valence-electron chi connectivity index (χ0n) is 26.7. The quantitative estimate of drug-likeness (QED) is 0.139. The molecule has 7 heteroatoms. The third-order valence-corrected chi connectivity index (χ3v) is 9.02. The molecule has 5 aromatic carbocycles. The first-order valence-corrected chi connectivity index (χ1v) is 16.1. The molecule has 0 N–H and O–H groups in total. The molecule has 7 rings (SSSR count). The molecule has 7 nitrogen and oxygen atoms in total. The lowest BCUT2D eigenvalue weighted by Gasteiger charge is -2.33. The number of ether oxygens (including phenoxy) is 1. The number of carbonyl (C=O) groups excluding carboxylic acids is 3. The highest BCUT2D eigenvalue weighted by molar-refractivity contribution is 6.09. The van der Waals surface area contributed by atoms with Gasteiger partial charge in [-0.15, -0.1) is 6.42 Å². The summed E-state index contributed by atoms with van der Waals surface area (Å²) in [6, 6.07) is 43.0. The lowest BCUT2D eigenvalue weighted by Crippen LogP contribution is -2.49. The number of ketones is 1. The SMILES string of the molecule is C#CCN(Cc1ccc(C(=O)c2ccccc2)cc1)C(=O)CN1Cc2ccccc2[C@@H]2OC(c3ccccc3)=N[C@]2(c2ccccc2)C1=O. The minimum atomic E-state index is -1.46. The summed E-state index contributed by atoms with van der Waals surface area (Å²) in [6.45, 7) is 0.254. The lowest BCUT2D eigenvalue weighted by molar-refractivity contribution is -0.146. The molecule has 0 bridgehead atoms. The summed E-state index contributed by atoms with van der Waals surface area (Å²) in [6.07, 6.45) is 4.99. The molecule has 0 saturated carbocycles. The van der Waals surface area contributed by atoms with Crippen LogP contribution in [0.5, 0.6) is 0 Å². The molecular weight excluding hydrogens is 610 g/mol. The van der Waals surface area contributed by atoms with Crippen LogP contribution in [0.3, 0.4) is 0 Å². The fraction of sp³-hybridized carbons (Fsp3) is 0.143. The first-order chi connectivity index (χ1) is 24.0. The molecule has 0 saturated heterocycles. The minimum Gasteiger partial charge on any atom is -0.466 e. The Balaban J connectivity index is 1.20. The van der Waals surface area contributed by atoms with Crippen LogP contribution in [0.1, 0.15) is 49.8 Å². The second-order valence-corrected chi connectivity index (χ2v) is 12.1. The average Bonchev–Trinajstić information content (AvgIpc) is 3.53. The Labute approximate surface area is 285 Å². The minimum absolute atomic E-state index is 0.0496. The van der Waals surface area contributed by atoms with Crippen molar-refractivity contribution >= 4 is 23.5 Å². The van der Waals surface area contributed by atoms with Crippen molar-refractivity contribution in [2.24, 2.45) is 4.99 Å². The van der Waals surface area contributed by atoms with E-state index in [1.165, 1.54) is 0 Å². The number of fused-ring (bicyclic) bond motifs is 3. The van der Waals surface area contributed by atoms with Gasteiger partial charge in [-0.25, -0.2) is 4.99 Å². The Kier molecular flexibility index (Phi) is 8.61. The predicted molar refractivity (Wildman–Crippen MR) is 187 cm³/mol. The highest BCUT2D eigenvalue weighted by Gasteiger charge is 2.58. The molecular formula is C42H33N3O4. The molecule has 5 aromatic rings. The van der Waals surface area contributed by atoms with Crippen LogP contribution in [0.15, 0.2) is 145 Å². The maximum Gasteiger partial charge on any atom is 0.260 e. The van der Waals surface area contributed by atoms with E-state index in [4.69, 9.17) is 16.2 Å². The van der Waals surface area contributed by atoms with Gasteiger partial charge in [-0.1, -0.05) is 133 Å². The number of hydrogen-bond acceptors (Lipinski definition) is 5. The lowest BCUT2D eigenvalue weighted by atomic mass is 9.81. The van der Waals surface area contributed by atoms with Crippen molar-refractivity contribution in [3.63, 3.8) is 0 Å². The Hall–Kier alpha value is -6.26. The van der Waals surface area contributed by atoms with Gasteiger partial charge in [-0.3, -0.25) is 14.4 Å². The number of aliphatic imine (C=N–C) groups is 1. The maximum atomic E-state index is 15.0. The van der Waals surface area contributed by atoms with Crippen LogP contribution in [-0.4, -0.2) is 46.4 Å². The van der Waals surface area contributed by atoms with Crippen molar-refractivity contribution < 1.29 is 19.1 Å². The largest absolute Gasteiger partial charge is 0.466 e. The van der Waals surface area contributed by atoms with E-state index in [1.807, 2.05) is 115 Å². The molecule has 240 valence electrons. The van der Waals surface area contributed by atoms with Gasteiger partial charge in [0.2, 0.25) is 17.3 Å². The third-order valence-electron chi connectivity index (χ3n) is 9.02. The van der Waals surface area contributed by atoms with Gasteiger partial charge in [0.15, 0.2) is 11.9 Å². The normalized spacial score (nSPS) is 17.9. The number of rotatable bonds is 9. The van der Waals surface area contributed by atoms with Crippen LogP contribution < -0.4 is 0 Å². The highest BCUT2D eigenvalue weighted by Crippen LogP contribution is 2.50. The number of nitrogens with zero attached hydrogens (tertiary/aromatic N) is 3. The van der Waals surface area contributed by atoms with Crippen LogP contribution in [0, 0.1) is 12.3 Å². The third kappa shape index (κ3) is 6.01. The molecule has 0 fully saturated rings. The standard InChI is InChI=1S/C42H33N3O4/c1-2-26-44(27-30-22-24-32(25-23-30)38(47)31-14-6-3-7-15-31)37(46)29-45-28-34-18-12-13-21-36(34)39-42(41(45)48,35-19-10-5-11-20-35)43-40(49-39)33-16-8-4-9-17-33/h1,3-25,39H,26-29H2/t39-,42-/m0/s1.